The van der Waals surface area contributed by atoms with Gasteiger partial charge in [0.05, 0.1) is 11.1 Å². The van der Waals surface area contributed by atoms with Gasteiger partial charge in [-0.05, 0) is 42.7 Å². The normalized spacial score (nSPS) is 12.2. The molecule has 0 saturated heterocycles. The molecular weight excluding hydrogens is 371 g/mol. The first-order valence-corrected chi connectivity index (χ1v) is 9.46. The van der Waals surface area contributed by atoms with E-state index in [1.54, 1.807) is 6.20 Å². The van der Waals surface area contributed by atoms with E-state index in [0.29, 0.717) is 18.2 Å². The number of rotatable bonds is 8. The Bertz CT molecular complexity index is 1020. The number of nitrogens with zero attached hydrogens (tertiary/aromatic N) is 2. The van der Waals surface area contributed by atoms with Gasteiger partial charge in [0.15, 0.2) is 11.6 Å². The van der Waals surface area contributed by atoms with Crippen LogP contribution < -0.4 is 22.1 Å². The molecule has 2 aromatic heterocycles. The molecule has 2 heterocycles. The molecule has 0 unspecified atom stereocenters. The third-order valence-electron chi connectivity index (χ3n) is 4.52. The van der Waals surface area contributed by atoms with Crippen LogP contribution in [0.15, 0.2) is 42.6 Å². The Morgan fingerprint density at radius 1 is 1.21 bits per heavy atom. The lowest BCUT2D eigenvalue weighted by Crippen LogP contribution is -2.31. The van der Waals surface area contributed by atoms with Gasteiger partial charge in [0.1, 0.15) is 5.82 Å². The third-order valence-corrected chi connectivity index (χ3v) is 4.52. The van der Waals surface area contributed by atoms with E-state index in [0.717, 1.165) is 23.4 Å². The van der Waals surface area contributed by atoms with E-state index < -0.39 is 11.7 Å². The maximum atomic E-state index is 14.6. The SMILES string of the molecule is CC(C)C[C@H](CN)Nc1nc(Nc2cccc3ncccc23)c(C(N)=O)cc1F. The summed E-state index contributed by atoms with van der Waals surface area (Å²) in [5.74, 6) is -0.873. The highest BCUT2D eigenvalue weighted by Crippen LogP contribution is 2.28. The number of benzene rings is 1. The van der Waals surface area contributed by atoms with Gasteiger partial charge in [-0.3, -0.25) is 9.78 Å². The smallest absolute Gasteiger partial charge is 0.252 e. The van der Waals surface area contributed by atoms with Crippen molar-refractivity contribution in [2.75, 3.05) is 17.2 Å². The van der Waals surface area contributed by atoms with Gasteiger partial charge >= 0.3 is 0 Å². The largest absolute Gasteiger partial charge is 0.365 e. The molecule has 0 saturated carbocycles. The lowest BCUT2D eigenvalue weighted by Gasteiger charge is -2.21. The number of primary amides is 1. The third kappa shape index (κ3) is 4.78. The first-order valence-electron chi connectivity index (χ1n) is 9.46. The van der Waals surface area contributed by atoms with Crippen LogP contribution in [0.25, 0.3) is 10.9 Å². The molecule has 0 aliphatic carbocycles. The molecule has 0 bridgehead atoms. The van der Waals surface area contributed by atoms with Gasteiger partial charge in [-0.1, -0.05) is 19.9 Å². The van der Waals surface area contributed by atoms with Crippen molar-refractivity contribution in [3.05, 3.63) is 54.0 Å². The van der Waals surface area contributed by atoms with E-state index >= 15 is 0 Å². The van der Waals surface area contributed by atoms with Crippen LogP contribution in [0.5, 0.6) is 0 Å². The molecule has 7 nitrogen and oxygen atoms in total. The fourth-order valence-corrected chi connectivity index (χ4v) is 3.19. The molecule has 1 atom stereocenters. The summed E-state index contributed by atoms with van der Waals surface area (Å²) in [5, 5.41) is 6.99. The van der Waals surface area contributed by atoms with Crippen LogP contribution in [0.3, 0.4) is 0 Å². The van der Waals surface area contributed by atoms with E-state index in [9.17, 15) is 9.18 Å². The highest BCUT2D eigenvalue weighted by atomic mass is 19.1. The average molecular weight is 396 g/mol. The first-order chi connectivity index (χ1) is 13.9. The standard InChI is InChI=1S/C21H25FN6O/c1-12(2)9-13(11-23)26-21-16(22)10-15(19(24)29)20(28-21)27-18-7-3-6-17-14(18)5-4-8-25-17/h3-8,10,12-13H,9,11,23H2,1-2H3,(H2,24,29)(H2,26,27,28)/t13-/m1/s1. The zero-order chi connectivity index (χ0) is 21.0. The fourth-order valence-electron chi connectivity index (χ4n) is 3.19. The quantitative estimate of drug-likeness (QED) is 0.463. The summed E-state index contributed by atoms with van der Waals surface area (Å²) in [6.07, 6.45) is 2.45. The van der Waals surface area contributed by atoms with Crippen molar-refractivity contribution < 1.29 is 9.18 Å². The van der Waals surface area contributed by atoms with Crippen molar-refractivity contribution >= 4 is 34.1 Å². The summed E-state index contributed by atoms with van der Waals surface area (Å²) in [6, 6.07) is 10.2. The molecule has 0 aliphatic rings. The van der Waals surface area contributed by atoms with E-state index in [1.165, 1.54) is 0 Å². The van der Waals surface area contributed by atoms with Crippen molar-refractivity contribution in [2.24, 2.45) is 17.4 Å². The Morgan fingerprint density at radius 3 is 2.69 bits per heavy atom. The molecule has 152 valence electrons. The number of halogens is 1. The minimum Gasteiger partial charge on any atom is -0.365 e. The fraction of sp³-hybridized carbons (Fsp3) is 0.286. The number of nitrogens with two attached hydrogens (primary N) is 2. The number of fused-ring (bicyclic) bond motifs is 1. The van der Waals surface area contributed by atoms with Crippen LogP contribution in [-0.2, 0) is 0 Å². The van der Waals surface area contributed by atoms with Crippen LogP contribution in [0, 0.1) is 11.7 Å². The zero-order valence-corrected chi connectivity index (χ0v) is 16.4. The second kappa shape index (κ2) is 8.83. The monoisotopic (exact) mass is 396 g/mol. The molecular formula is C21H25FN6O. The number of hydrogen-bond donors (Lipinski definition) is 4. The zero-order valence-electron chi connectivity index (χ0n) is 16.4. The van der Waals surface area contributed by atoms with Crippen LogP contribution in [0.2, 0.25) is 0 Å². The Balaban J connectivity index is 2.01. The van der Waals surface area contributed by atoms with Crippen molar-refractivity contribution in [2.45, 2.75) is 26.3 Å². The van der Waals surface area contributed by atoms with Crippen molar-refractivity contribution in [1.29, 1.82) is 0 Å². The predicted octanol–water partition coefficient (Wildman–Crippen LogP) is 3.40. The van der Waals surface area contributed by atoms with Gasteiger partial charge in [0.25, 0.3) is 5.91 Å². The maximum absolute atomic E-state index is 14.6. The summed E-state index contributed by atoms with van der Waals surface area (Å²) in [5.41, 5.74) is 12.7. The maximum Gasteiger partial charge on any atom is 0.252 e. The lowest BCUT2D eigenvalue weighted by atomic mass is 10.0. The summed E-state index contributed by atoms with van der Waals surface area (Å²) in [4.78, 5) is 20.5. The number of carbonyl (C=O) groups excluding carboxylic acids is 1. The number of nitrogens with one attached hydrogen (secondary N) is 2. The number of pyridine rings is 2. The number of amides is 1. The van der Waals surface area contributed by atoms with Gasteiger partial charge < -0.3 is 22.1 Å². The molecule has 3 rings (SSSR count). The highest BCUT2D eigenvalue weighted by molar-refractivity contribution is 6.00. The topological polar surface area (TPSA) is 119 Å². The second-order valence-corrected chi connectivity index (χ2v) is 7.29. The van der Waals surface area contributed by atoms with Gasteiger partial charge in [-0.15, -0.1) is 0 Å². The number of carbonyl (C=O) groups is 1. The van der Waals surface area contributed by atoms with E-state index in [-0.39, 0.29) is 23.2 Å². The van der Waals surface area contributed by atoms with E-state index in [2.05, 4.69) is 34.4 Å². The summed E-state index contributed by atoms with van der Waals surface area (Å²) >= 11 is 0. The average Bonchev–Trinajstić information content (AvgIpc) is 2.69. The minimum absolute atomic E-state index is 0.0203. The van der Waals surface area contributed by atoms with Crippen LogP contribution in [0.1, 0.15) is 30.6 Å². The molecule has 29 heavy (non-hydrogen) atoms. The lowest BCUT2D eigenvalue weighted by molar-refractivity contribution is 0.100. The summed E-state index contributed by atoms with van der Waals surface area (Å²) < 4.78 is 14.6. The van der Waals surface area contributed by atoms with Crippen LogP contribution >= 0.6 is 0 Å². The predicted molar refractivity (Wildman–Crippen MR) is 114 cm³/mol. The summed E-state index contributed by atoms with van der Waals surface area (Å²) in [7, 11) is 0. The van der Waals surface area contributed by atoms with Crippen LogP contribution in [0.4, 0.5) is 21.7 Å². The van der Waals surface area contributed by atoms with E-state index in [4.69, 9.17) is 11.5 Å². The Morgan fingerprint density at radius 2 is 2.00 bits per heavy atom. The molecule has 8 heteroatoms. The van der Waals surface area contributed by atoms with Gasteiger partial charge in [0.2, 0.25) is 0 Å². The highest BCUT2D eigenvalue weighted by Gasteiger charge is 2.19. The second-order valence-electron chi connectivity index (χ2n) is 7.29. The Labute approximate surface area is 168 Å². The van der Waals surface area contributed by atoms with Gasteiger partial charge in [0, 0.05) is 29.9 Å². The molecule has 0 radical (unpaired) electrons. The molecule has 1 aromatic carbocycles. The van der Waals surface area contributed by atoms with Gasteiger partial charge in [-0.25, -0.2) is 9.37 Å². The Kier molecular flexibility index (Phi) is 6.23. The molecule has 0 spiro atoms. The van der Waals surface area contributed by atoms with Crippen molar-refractivity contribution in [3.63, 3.8) is 0 Å². The van der Waals surface area contributed by atoms with E-state index in [1.807, 2.05) is 30.3 Å². The molecule has 6 N–H and O–H groups in total. The number of hydrogen-bond acceptors (Lipinski definition) is 6. The first kappa shape index (κ1) is 20.5. The minimum atomic E-state index is -0.777. The van der Waals surface area contributed by atoms with Gasteiger partial charge in [-0.2, -0.15) is 0 Å². The molecule has 0 fully saturated rings. The number of aromatic nitrogens is 2. The van der Waals surface area contributed by atoms with Crippen LogP contribution in [-0.4, -0.2) is 28.5 Å². The molecule has 3 aromatic rings. The molecule has 1 amide bonds. The van der Waals surface area contributed by atoms with Crippen molar-refractivity contribution in [3.8, 4) is 0 Å². The van der Waals surface area contributed by atoms with Crippen molar-refractivity contribution in [1.82, 2.24) is 9.97 Å². The summed E-state index contributed by atoms with van der Waals surface area (Å²) in [6.45, 7) is 4.45. The molecule has 0 aliphatic heterocycles. The number of anilines is 3. The Hall–Kier alpha value is -3.26.